The molecule has 1 aliphatic heterocycles. The second-order valence-corrected chi connectivity index (χ2v) is 8.70. The van der Waals surface area contributed by atoms with E-state index in [0.29, 0.717) is 30.1 Å². The molecule has 1 N–H and O–H groups in total. The third-order valence-electron chi connectivity index (χ3n) is 4.40. The molecule has 1 aliphatic rings. The number of nitrogens with zero attached hydrogens (tertiary/aromatic N) is 1. The Bertz CT molecular complexity index is 911. The first-order valence-electron chi connectivity index (χ1n) is 8.57. The fraction of sp³-hybridized carbons (Fsp3) is 0.316. The zero-order valence-electron chi connectivity index (χ0n) is 14.5. The molecule has 26 heavy (non-hydrogen) atoms. The Hall–Kier alpha value is -1.89. The number of carbonyl (C=O) groups excluding carboxylic acids is 1. The minimum Gasteiger partial charge on any atom is -0.326 e. The van der Waals surface area contributed by atoms with Gasteiger partial charge in [0.1, 0.15) is 0 Å². The summed E-state index contributed by atoms with van der Waals surface area (Å²) in [5.41, 5.74) is 2.73. The molecular formula is C19H21ClN2O3S. The molecule has 0 atom stereocenters. The molecule has 0 aromatic heterocycles. The molecule has 0 radical (unpaired) electrons. The van der Waals surface area contributed by atoms with E-state index in [2.05, 4.69) is 5.32 Å². The van der Waals surface area contributed by atoms with Crippen LogP contribution >= 0.6 is 11.6 Å². The maximum absolute atomic E-state index is 12.9. The van der Waals surface area contributed by atoms with Crippen molar-refractivity contribution in [2.24, 2.45) is 0 Å². The highest BCUT2D eigenvalue weighted by molar-refractivity contribution is 7.89. The molecule has 2 aromatic carbocycles. The van der Waals surface area contributed by atoms with Crippen LogP contribution in [-0.4, -0.2) is 25.2 Å². The Kier molecular flexibility index (Phi) is 5.65. The number of benzene rings is 2. The molecule has 1 heterocycles. The van der Waals surface area contributed by atoms with Crippen LogP contribution in [0.1, 0.15) is 30.9 Å². The van der Waals surface area contributed by atoms with E-state index in [9.17, 15) is 13.2 Å². The number of fused-ring (bicyclic) bond motifs is 1. The largest absolute Gasteiger partial charge is 0.326 e. The van der Waals surface area contributed by atoms with E-state index in [1.165, 1.54) is 16.4 Å². The Labute approximate surface area is 159 Å². The number of halogens is 1. The van der Waals surface area contributed by atoms with Gasteiger partial charge in [-0.05, 0) is 60.4 Å². The number of hydrogen-bond donors (Lipinski definition) is 1. The SMILES string of the molecule is CCCC(=O)Nc1ccc2c(c1)CN(S(=O)(=O)c1ccc(Cl)cc1)CC2. The van der Waals surface area contributed by atoms with Gasteiger partial charge in [-0.3, -0.25) is 4.79 Å². The molecule has 138 valence electrons. The molecule has 2 aromatic rings. The summed E-state index contributed by atoms with van der Waals surface area (Å²) >= 11 is 5.85. The number of amides is 1. The average Bonchev–Trinajstić information content (AvgIpc) is 2.61. The van der Waals surface area contributed by atoms with Gasteiger partial charge in [0.2, 0.25) is 15.9 Å². The van der Waals surface area contributed by atoms with E-state index in [0.717, 1.165) is 17.5 Å². The molecule has 0 spiro atoms. The molecule has 3 rings (SSSR count). The van der Waals surface area contributed by atoms with Gasteiger partial charge >= 0.3 is 0 Å². The summed E-state index contributed by atoms with van der Waals surface area (Å²) in [7, 11) is -3.58. The number of nitrogens with one attached hydrogen (secondary N) is 1. The third-order valence-corrected chi connectivity index (χ3v) is 6.51. The lowest BCUT2D eigenvalue weighted by atomic mass is 10.0. The molecule has 0 fully saturated rings. The van der Waals surface area contributed by atoms with Gasteiger partial charge in [0.25, 0.3) is 0 Å². The van der Waals surface area contributed by atoms with Crippen LogP contribution in [-0.2, 0) is 27.8 Å². The summed E-state index contributed by atoms with van der Waals surface area (Å²) in [6, 6.07) is 11.9. The van der Waals surface area contributed by atoms with Crippen molar-refractivity contribution in [1.29, 1.82) is 0 Å². The maximum Gasteiger partial charge on any atom is 0.243 e. The quantitative estimate of drug-likeness (QED) is 0.840. The Balaban J connectivity index is 1.81. The average molecular weight is 393 g/mol. The molecule has 1 amide bonds. The standard InChI is InChI=1S/C19H21ClN2O3S/c1-2-3-19(23)21-17-7-4-14-10-11-22(13-15(14)12-17)26(24,25)18-8-5-16(20)6-9-18/h4-9,12H,2-3,10-11,13H2,1H3,(H,21,23). The second kappa shape index (κ2) is 7.78. The number of rotatable bonds is 5. The summed E-state index contributed by atoms with van der Waals surface area (Å²) in [6.07, 6.45) is 1.89. The van der Waals surface area contributed by atoms with Crippen LogP contribution in [0.15, 0.2) is 47.4 Å². The second-order valence-electron chi connectivity index (χ2n) is 6.32. The highest BCUT2D eigenvalue weighted by Gasteiger charge is 2.28. The van der Waals surface area contributed by atoms with Crippen molar-refractivity contribution >= 4 is 33.2 Å². The van der Waals surface area contributed by atoms with Crippen LogP contribution in [0.2, 0.25) is 5.02 Å². The van der Waals surface area contributed by atoms with Gasteiger partial charge in [0.15, 0.2) is 0 Å². The van der Waals surface area contributed by atoms with E-state index in [1.54, 1.807) is 12.1 Å². The van der Waals surface area contributed by atoms with E-state index in [-0.39, 0.29) is 17.3 Å². The predicted molar refractivity (Wildman–Crippen MR) is 103 cm³/mol. The van der Waals surface area contributed by atoms with Crippen molar-refractivity contribution < 1.29 is 13.2 Å². The van der Waals surface area contributed by atoms with Gasteiger partial charge in [-0.1, -0.05) is 24.6 Å². The number of anilines is 1. The van der Waals surface area contributed by atoms with E-state index in [4.69, 9.17) is 11.6 Å². The zero-order chi connectivity index (χ0) is 18.7. The van der Waals surface area contributed by atoms with Gasteiger partial charge in [0, 0.05) is 30.2 Å². The summed E-state index contributed by atoms with van der Waals surface area (Å²) in [4.78, 5) is 12.0. The van der Waals surface area contributed by atoms with Crippen molar-refractivity contribution in [2.75, 3.05) is 11.9 Å². The first-order chi connectivity index (χ1) is 12.4. The smallest absolute Gasteiger partial charge is 0.243 e. The van der Waals surface area contributed by atoms with Crippen molar-refractivity contribution in [3.8, 4) is 0 Å². The summed E-state index contributed by atoms with van der Waals surface area (Å²) in [6.45, 7) is 2.67. The van der Waals surface area contributed by atoms with E-state index in [1.807, 2.05) is 25.1 Å². The van der Waals surface area contributed by atoms with E-state index >= 15 is 0 Å². The van der Waals surface area contributed by atoms with Gasteiger partial charge < -0.3 is 5.32 Å². The van der Waals surface area contributed by atoms with Crippen LogP contribution in [0.3, 0.4) is 0 Å². The number of hydrogen-bond acceptors (Lipinski definition) is 3. The summed E-state index contributed by atoms with van der Waals surface area (Å²) < 4.78 is 27.2. The minimum absolute atomic E-state index is 0.0334. The Morgan fingerprint density at radius 1 is 1.15 bits per heavy atom. The van der Waals surface area contributed by atoms with Gasteiger partial charge in [-0.15, -0.1) is 0 Å². The molecule has 0 saturated carbocycles. The van der Waals surface area contributed by atoms with Crippen LogP contribution < -0.4 is 5.32 Å². The van der Waals surface area contributed by atoms with E-state index < -0.39 is 10.0 Å². The molecular weight excluding hydrogens is 372 g/mol. The molecule has 0 bridgehead atoms. The molecule has 5 nitrogen and oxygen atoms in total. The molecule has 7 heteroatoms. The maximum atomic E-state index is 12.9. The monoisotopic (exact) mass is 392 g/mol. The molecule has 0 saturated heterocycles. The molecule has 0 aliphatic carbocycles. The van der Waals surface area contributed by atoms with Crippen LogP contribution in [0.4, 0.5) is 5.69 Å². The lowest BCUT2D eigenvalue weighted by Gasteiger charge is -2.28. The normalized spacial score (nSPS) is 14.7. The van der Waals surface area contributed by atoms with Gasteiger partial charge in [0.05, 0.1) is 4.90 Å². The highest BCUT2D eigenvalue weighted by atomic mass is 35.5. The molecule has 0 unspecified atom stereocenters. The Morgan fingerprint density at radius 3 is 2.58 bits per heavy atom. The Morgan fingerprint density at radius 2 is 1.88 bits per heavy atom. The zero-order valence-corrected chi connectivity index (χ0v) is 16.1. The minimum atomic E-state index is -3.58. The summed E-state index contributed by atoms with van der Waals surface area (Å²) in [5.74, 6) is -0.0334. The predicted octanol–water partition coefficient (Wildman–Crippen LogP) is 3.83. The fourth-order valence-corrected chi connectivity index (χ4v) is 4.57. The lowest BCUT2D eigenvalue weighted by Crippen LogP contribution is -2.36. The summed E-state index contributed by atoms with van der Waals surface area (Å²) in [5, 5.41) is 3.36. The number of sulfonamides is 1. The van der Waals surface area contributed by atoms with Crippen LogP contribution in [0, 0.1) is 0 Å². The first kappa shape index (κ1) is 18.9. The van der Waals surface area contributed by atoms with Crippen molar-refractivity contribution in [3.63, 3.8) is 0 Å². The fourth-order valence-electron chi connectivity index (χ4n) is 3.02. The topological polar surface area (TPSA) is 66.5 Å². The van der Waals surface area contributed by atoms with Crippen molar-refractivity contribution in [2.45, 2.75) is 37.6 Å². The first-order valence-corrected chi connectivity index (χ1v) is 10.4. The van der Waals surface area contributed by atoms with Crippen molar-refractivity contribution in [1.82, 2.24) is 4.31 Å². The highest BCUT2D eigenvalue weighted by Crippen LogP contribution is 2.27. The van der Waals surface area contributed by atoms with Crippen LogP contribution in [0.25, 0.3) is 0 Å². The lowest BCUT2D eigenvalue weighted by molar-refractivity contribution is -0.116. The van der Waals surface area contributed by atoms with Gasteiger partial charge in [-0.25, -0.2) is 8.42 Å². The van der Waals surface area contributed by atoms with Gasteiger partial charge in [-0.2, -0.15) is 4.31 Å². The van der Waals surface area contributed by atoms with Crippen LogP contribution in [0.5, 0.6) is 0 Å². The third kappa shape index (κ3) is 4.09. The van der Waals surface area contributed by atoms with Crippen molar-refractivity contribution in [3.05, 3.63) is 58.6 Å². The number of carbonyl (C=O) groups is 1.